The van der Waals surface area contributed by atoms with Crippen LogP contribution in [-0.2, 0) is 15.8 Å². The van der Waals surface area contributed by atoms with E-state index in [2.05, 4.69) is 11.1 Å². The van der Waals surface area contributed by atoms with Gasteiger partial charge in [0.2, 0.25) is 11.8 Å². The molecule has 2 bridgehead atoms. The van der Waals surface area contributed by atoms with Crippen molar-refractivity contribution in [2.24, 2.45) is 29.6 Å². The molecule has 4 heterocycles. The number of carbonyl (C=O) groups is 2. The number of thiophene rings is 1. The molecule has 1 aromatic carbocycles. The first-order valence-corrected chi connectivity index (χ1v) is 13.8. The Labute approximate surface area is 209 Å². The van der Waals surface area contributed by atoms with Crippen LogP contribution in [0.3, 0.4) is 0 Å². The molecule has 1 saturated heterocycles. The van der Waals surface area contributed by atoms with E-state index in [4.69, 9.17) is 0 Å². The summed E-state index contributed by atoms with van der Waals surface area (Å²) >= 11 is 4.42. The van der Waals surface area contributed by atoms with Crippen molar-refractivity contribution < 1.29 is 22.8 Å². The number of anilines is 1. The minimum Gasteiger partial charge on any atom is -0.307 e. The average Bonchev–Trinajstić information content (AvgIpc) is 3.61. The Balaban J connectivity index is 1.30. The van der Waals surface area contributed by atoms with Crippen LogP contribution in [0.15, 0.2) is 51.6 Å². The van der Waals surface area contributed by atoms with Gasteiger partial charge in [0.15, 0.2) is 0 Å². The maximum absolute atomic E-state index is 13.6. The molecule has 11 heteroatoms. The van der Waals surface area contributed by atoms with Gasteiger partial charge in [-0.25, -0.2) is 0 Å². The molecule has 5 unspecified atom stereocenters. The molecule has 180 valence electrons. The quantitative estimate of drug-likeness (QED) is 0.459. The van der Waals surface area contributed by atoms with E-state index in [1.807, 2.05) is 11.4 Å². The number of aromatic nitrogens is 1. The number of carbonyl (C=O) groups excluding carboxylic acids is 2. The molecule has 1 N–H and O–H groups in total. The third-order valence-corrected chi connectivity index (χ3v) is 11.5. The summed E-state index contributed by atoms with van der Waals surface area (Å²) in [5.41, 5.74) is -0.900. The van der Waals surface area contributed by atoms with Crippen LogP contribution < -0.4 is 9.77 Å². The zero-order chi connectivity index (χ0) is 24.2. The van der Waals surface area contributed by atoms with Gasteiger partial charge >= 0.3 is 11.0 Å². The van der Waals surface area contributed by atoms with Crippen LogP contribution in [-0.4, -0.2) is 22.0 Å². The first-order valence-electron chi connectivity index (χ1n) is 11.2. The highest BCUT2D eigenvalue weighted by atomic mass is 32.2. The van der Waals surface area contributed by atoms with E-state index in [-0.39, 0.29) is 39.5 Å². The lowest BCUT2D eigenvalue weighted by atomic mass is 9.69. The van der Waals surface area contributed by atoms with Gasteiger partial charge in [-0.1, -0.05) is 23.5 Å². The van der Waals surface area contributed by atoms with E-state index < -0.39 is 35.4 Å². The van der Waals surface area contributed by atoms with E-state index in [1.54, 1.807) is 23.1 Å². The number of hydrogen-bond acceptors (Lipinski definition) is 6. The summed E-state index contributed by atoms with van der Waals surface area (Å²) in [6, 6.07) is 8.48. The number of rotatable bonds is 2. The number of imide groups is 1. The van der Waals surface area contributed by atoms with E-state index in [0.717, 1.165) is 38.2 Å². The minimum absolute atomic E-state index is 0.0162. The third kappa shape index (κ3) is 2.97. The molecule has 35 heavy (non-hydrogen) atoms. The molecular weight excluding hydrogens is 517 g/mol. The number of aromatic amines is 1. The molecule has 5 nitrogen and oxygen atoms in total. The lowest BCUT2D eigenvalue weighted by molar-refractivity contribution is -0.137. The number of hydrogen-bond donors (Lipinski definition) is 1. The highest BCUT2D eigenvalue weighted by Crippen LogP contribution is 2.69. The number of fused-ring (bicyclic) bond motifs is 9. The van der Waals surface area contributed by atoms with Crippen LogP contribution in [0.5, 0.6) is 0 Å². The molecule has 0 spiro atoms. The Morgan fingerprint density at radius 1 is 1.00 bits per heavy atom. The fourth-order valence-electron chi connectivity index (χ4n) is 6.88. The van der Waals surface area contributed by atoms with Crippen molar-refractivity contribution >= 4 is 51.9 Å². The van der Waals surface area contributed by atoms with Crippen molar-refractivity contribution in [2.75, 3.05) is 4.90 Å². The fourth-order valence-corrected chi connectivity index (χ4v) is 10.7. The van der Waals surface area contributed by atoms with Gasteiger partial charge in [-0.2, -0.15) is 13.2 Å². The second kappa shape index (κ2) is 7.33. The molecule has 2 saturated carbocycles. The van der Waals surface area contributed by atoms with Crippen LogP contribution >= 0.6 is 34.4 Å². The smallest absolute Gasteiger partial charge is 0.307 e. The van der Waals surface area contributed by atoms with E-state index >= 15 is 0 Å². The van der Waals surface area contributed by atoms with E-state index in [1.165, 1.54) is 23.5 Å². The first-order chi connectivity index (χ1) is 16.7. The van der Waals surface area contributed by atoms with Gasteiger partial charge in [-0.3, -0.25) is 19.3 Å². The monoisotopic (exact) mass is 534 g/mol. The Morgan fingerprint density at radius 3 is 2.49 bits per heavy atom. The summed E-state index contributed by atoms with van der Waals surface area (Å²) in [6.07, 6.45) is -3.82. The molecule has 0 radical (unpaired) electrons. The molecule has 2 aliphatic heterocycles. The predicted molar refractivity (Wildman–Crippen MR) is 127 cm³/mol. The molecule has 7 rings (SSSR count). The SMILES string of the molecule is O=C1C2C(C(=O)N1c1cccc(C(F)(F)F)c1)[C@@H]1C[C@H]2C2Sc3[nH]c(=O)sc3C(c3cccs3)C21. The van der Waals surface area contributed by atoms with Crippen molar-refractivity contribution in [1.82, 2.24) is 4.98 Å². The number of alkyl halides is 3. The number of halogens is 3. The molecule has 2 amide bonds. The lowest BCUT2D eigenvalue weighted by Crippen LogP contribution is -2.42. The summed E-state index contributed by atoms with van der Waals surface area (Å²) in [5.74, 6) is -1.94. The molecule has 3 fully saturated rings. The maximum Gasteiger partial charge on any atom is 0.416 e. The largest absolute Gasteiger partial charge is 0.416 e. The second-order valence-corrected chi connectivity index (χ2v) is 12.7. The highest BCUT2D eigenvalue weighted by molar-refractivity contribution is 8.00. The van der Waals surface area contributed by atoms with Crippen LogP contribution in [0.25, 0.3) is 0 Å². The van der Waals surface area contributed by atoms with Crippen LogP contribution in [0.4, 0.5) is 18.9 Å². The number of nitrogens with zero attached hydrogens (tertiary/aromatic N) is 1. The summed E-state index contributed by atoms with van der Waals surface area (Å²) in [7, 11) is 0. The van der Waals surface area contributed by atoms with Gasteiger partial charge in [0.1, 0.15) is 0 Å². The zero-order valence-corrected chi connectivity index (χ0v) is 20.3. The van der Waals surface area contributed by atoms with Gasteiger partial charge in [0.25, 0.3) is 0 Å². The number of thioether (sulfide) groups is 1. The Morgan fingerprint density at radius 2 is 1.77 bits per heavy atom. The summed E-state index contributed by atoms with van der Waals surface area (Å²) in [6.45, 7) is 0. The van der Waals surface area contributed by atoms with Crippen LogP contribution in [0, 0.1) is 29.6 Å². The third-order valence-electron chi connectivity index (χ3n) is 8.01. The fraction of sp³-hybridized carbons (Fsp3) is 0.375. The van der Waals surface area contributed by atoms with E-state index in [0.29, 0.717) is 0 Å². The van der Waals surface area contributed by atoms with E-state index in [9.17, 15) is 27.6 Å². The lowest BCUT2D eigenvalue weighted by Gasteiger charge is -2.42. The highest BCUT2D eigenvalue weighted by Gasteiger charge is 2.69. The topological polar surface area (TPSA) is 70.2 Å². The predicted octanol–water partition coefficient (Wildman–Crippen LogP) is 5.19. The Bertz CT molecular complexity index is 1430. The number of H-pyrrole nitrogens is 1. The summed E-state index contributed by atoms with van der Waals surface area (Å²) in [5, 5.41) is 2.90. The van der Waals surface area contributed by atoms with Crippen molar-refractivity contribution in [3.8, 4) is 0 Å². The average molecular weight is 535 g/mol. The summed E-state index contributed by atoms with van der Waals surface area (Å²) in [4.78, 5) is 45.4. The molecule has 7 atom stereocenters. The van der Waals surface area contributed by atoms with Gasteiger partial charge in [-0.15, -0.1) is 23.1 Å². The van der Waals surface area contributed by atoms with Gasteiger partial charge in [-0.05, 0) is 53.8 Å². The standard InChI is InChI=1S/C24H17F3N2O3S3/c25-24(26,27)9-3-1-4-10(7-9)29-21(30)15-11-8-12(16(15)22(29)31)18-14(11)17(13-5-2-6-33-13)19-20(34-18)28-23(32)35-19/h1-7,11-12,14-18H,8H2,(H,28,32)/t11-,12-,14?,15?,16?,17?,18?/m1/s1. The van der Waals surface area contributed by atoms with Crippen molar-refractivity contribution in [3.05, 3.63) is 66.8 Å². The van der Waals surface area contributed by atoms with Gasteiger partial charge < -0.3 is 4.98 Å². The second-order valence-electron chi connectivity index (χ2n) is 9.54. The first kappa shape index (κ1) is 21.9. The van der Waals surface area contributed by atoms with Crippen molar-refractivity contribution in [2.45, 2.75) is 28.8 Å². The number of nitrogens with one attached hydrogen (secondary N) is 1. The zero-order valence-electron chi connectivity index (χ0n) is 17.8. The summed E-state index contributed by atoms with van der Waals surface area (Å²) < 4.78 is 39.9. The number of benzene rings is 1. The molecular formula is C24H17F3N2O3S3. The van der Waals surface area contributed by atoms with Crippen molar-refractivity contribution in [1.29, 1.82) is 0 Å². The maximum atomic E-state index is 13.6. The molecule has 4 aliphatic rings. The Kier molecular flexibility index (Phi) is 4.58. The number of thiazole rings is 1. The van der Waals surface area contributed by atoms with Crippen molar-refractivity contribution in [3.63, 3.8) is 0 Å². The molecule has 2 aliphatic carbocycles. The normalized spacial score (nSPS) is 33.2. The molecule has 3 aromatic rings. The van der Waals surface area contributed by atoms with Gasteiger partial charge in [0.05, 0.1) is 28.1 Å². The molecule has 2 aromatic heterocycles. The van der Waals surface area contributed by atoms with Crippen LogP contribution in [0.1, 0.15) is 27.7 Å². The van der Waals surface area contributed by atoms with Crippen LogP contribution in [0.2, 0.25) is 0 Å². The Hall–Kier alpha value is -2.37. The number of amides is 2. The van der Waals surface area contributed by atoms with Gasteiger partial charge in [0, 0.05) is 20.9 Å². The minimum atomic E-state index is -4.56.